The highest BCUT2D eigenvalue weighted by molar-refractivity contribution is 5.24. The highest BCUT2D eigenvalue weighted by Crippen LogP contribution is 2.12. The monoisotopic (exact) mass is 235 g/mol. The van der Waals surface area contributed by atoms with Gasteiger partial charge in [0.25, 0.3) is 0 Å². The van der Waals surface area contributed by atoms with Gasteiger partial charge in [0.1, 0.15) is 0 Å². The molecule has 0 aliphatic heterocycles. The molecule has 0 aliphatic rings. The SMILES string of the molecule is Cc1cccc(C(N)COCCCC(C)C)c1. The molecule has 1 rings (SSSR count). The van der Waals surface area contributed by atoms with E-state index in [4.69, 9.17) is 10.5 Å². The van der Waals surface area contributed by atoms with Gasteiger partial charge in [-0.25, -0.2) is 0 Å². The molecule has 0 amide bonds. The Morgan fingerprint density at radius 1 is 1.29 bits per heavy atom. The van der Waals surface area contributed by atoms with Gasteiger partial charge in [0.15, 0.2) is 0 Å². The van der Waals surface area contributed by atoms with Gasteiger partial charge in [-0.1, -0.05) is 43.7 Å². The molecule has 0 aliphatic carbocycles. The summed E-state index contributed by atoms with van der Waals surface area (Å²) < 4.78 is 5.62. The zero-order chi connectivity index (χ0) is 12.7. The molecule has 1 aromatic rings. The smallest absolute Gasteiger partial charge is 0.0659 e. The molecule has 2 heteroatoms. The van der Waals surface area contributed by atoms with Crippen molar-refractivity contribution in [1.29, 1.82) is 0 Å². The topological polar surface area (TPSA) is 35.2 Å². The molecule has 0 saturated heterocycles. The average molecular weight is 235 g/mol. The van der Waals surface area contributed by atoms with E-state index in [1.807, 2.05) is 6.07 Å². The van der Waals surface area contributed by atoms with Crippen LogP contribution >= 0.6 is 0 Å². The van der Waals surface area contributed by atoms with Crippen LogP contribution in [-0.2, 0) is 4.74 Å². The van der Waals surface area contributed by atoms with Crippen molar-refractivity contribution in [3.63, 3.8) is 0 Å². The van der Waals surface area contributed by atoms with Gasteiger partial charge < -0.3 is 10.5 Å². The third-order valence-corrected chi connectivity index (χ3v) is 2.84. The third kappa shape index (κ3) is 5.85. The maximum atomic E-state index is 6.08. The van der Waals surface area contributed by atoms with Crippen molar-refractivity contribution < 1.29 is 4.74 Å². The second-order valence-corrected chi connectivity index (χ2v) is 5.13. The van der Waals surface area contributed by atoms with Crippen molar-refractivity contribution in [2.45, 2.75) is 39.7 Å². The van der Waals surface area contributed by atoms with Gasteiger partial charge in [-0.15, -0.1) is 0 Å². The molecule has 0 radical (unpaired) electrons. The summed E-state index contributed by atoms with van der Waals surface area (Å²) in [4.78, 5) is 0. The van der Waals surface area contributed by atoms with E-state index in [1.54, 1.807) is 0 Å². The fourth-order valence-electron chi connectivity index (χ4n) is 1.80. The number of hydrogen-bond donors (Lipinski definition) is 1. The van der Waals surface area contributed by atoms with E-state index in [-0.39, 0.29) is 6.04 Å². The van der Waals surface area contributed by atoms with Crippen LogP contribution in [-0.4, -0.2) is 13.2 Å². The first kappa shape index (κ1) is 14.2. The van der Waals surface area contributed by atoms with Crippen LogP contribution in [0.25, 0.3) is 0 Å². The Bertz CT molecular complexity index is 322. The first-order valence-electron chi connectivity index (χ1n) is 6.49. The summed E-state index contributed by atoms with van der Waals surface area (Å²) >= 11 is 0. The summed E-state index contributed by atoms with van der Waals surface area (Å²) in [5, 5.41) is 0. The first-order chi connectivity index (χ1) is 8.09. The highest BCUT2D eigenvalue weighted by atomic mass is 16.5. The third-order valence-electron chi connectivity index (χ3n) is 2.84. The Morgan fingerprint density at radius 3 is 2.71 bits per heavy atom. The van der Waals surface area contributed by atoms with Crippen LogP contribution in [0.15, 0.2) is 24.3 Å². The molecule has 0 aromatic heterocycles. The van der Waals surface area contributed by atoms with Crippen LogP contribution in [0.1, 0.15) is 43.9 Å². The standard InChI is InChI=1S/C15H25NO/c1-12(2)6-5-9-17-11-15(16)14-8-4-7-13(3)10-14/h4,7-8,10,12,15H,5-6,9,11,16H2,1-3H3. The fraction of sp³-hybridized carbons (Fsp3) is 0.600. The molecule has 17 heavy (non-hydrogen) atoms. The maximum Gasteiger partial charge on any atom is 0.0659 e. The number of aryl methyl sites for hydroxylation is 1. The number of hydrogen-bond acceptors (Lipinski definition) is 2. The number of ether oxygens (including phenoxy) is 1. The zero-order valence-electron chi connectivity index (χ0n) is 11.3. The lowest BCUT2D eigenvalue weighted by Gasteiger charge is -2.13. The summed E-state index contributed by atoms with van der Waals surface area (Å²) in [5.41, 5.74) is 8.49. The van der Waals surface area contributed by atoms with Crippen molar-refractivity contribution in [2.24, 2.45) is 11.7 Å². The minimum atomic E-state index is -0.00560. The maximum absolute atomic E-state index is 6.08. The Kier molecular flexibility index (Phi) is 6.23. The van der Waals surface area contributed by atoms with Crippen LogP contribution in [0.5, 0.6) is 0 Å². The summed E-state index contributed by atoms with van der Waals surface area (Å²) in [6, 6.07) is 8.31. The van der Waals surface area contributed by atoms with Gasteiger partial charge in [-0.3, -0.25) is 0 Å². The Labute approximate surface area is 105 Å². The summed E-state index contributed by atoms with van der Waals surface area (Å²) in [5.74, 6) is 0.754. The van der Waals surface area contributed by atoms with Crippen LogP contribution in [0.2, 0.25) is 0 Å². The van der Waals surface area contributed by atoms with Gasteiger partial charge >= 0.3 is 0 Å². The highest BCUT2D eigenvalue weighted by Gasteiger charge is 2.05. The molecule has 0 saturated carbocycles. The number of rotatable bonds is 7. The minimum absolute atomic E-state index is 0.00560. The van der Waals surface area contributed by atoms with E-state index < -0.39 is 0 Å². The summed E-state index contributed by atoms with van der Waals surface area (Å²) in [6.07, 6.45) is 2.35. The Balaban J connectivity index is 2.23. The molecule has 1 atom stereocenters. The van der Waals surface area contributed by atoms with E-state index in [0.717, 1.165) is 24.5 Å². The van der Waals surface area contributed by atoms with Gasteiger partial charge in [0.05, 0.1) is 12.6 Å². The quantitative estimate of drug-likeness (QED) is 0.735. The van der Waals surface area contributed by atoms with Crippen LogP contribution < -0.4 is 5.73 Å². The molecule has 96 valence electrons. The van der Waals surface area contributed by atoms with Crippen molar-refractivity contribution in [1.82, 2.24) is 0 Å². The van der Waals surface area contributed by atoms with Crippen molar-refractivity contribution in [3.8, 4) is 0 Å². The number of nitrogens with two attached hydrogens (primary N) is 1. The molecule has 1 unspecified atom stereocenters. The van der Waals surface area contributed by atoms with E-state index in [1.165, 1.54) is 12.0 Å². The van der Waals surface area contributed by atoms with Crippen LogP contribution in [0.3, 0.4) is 0 Å². The lowest BCUT2D eigenvalue weighted by molar-refractivity contribution is 0.115. The van der Waals surface area contributed by atoms with Crippen molar-refractivity contribution in [3.05, 3.63) is 35.4 Å². The van der Waals surface area contributed by atoms with E-state index >= 15 is 0 Å². The molecule has 2 nitrogen and oxygen atoms in total. The summed E-state index contributed by atoms with van der Waals surface area (Å²) in [7, 11) is 0. The Morgan fingerprint density at radius 2 is 2.06 bits per heavy atom. The van der Waals surface area contributed by atoms with E-state index in [0.29, 0.717) is 6.61 Å². The van der Waals surface area contributed by atoms with Crippen LogP contribution in [0.4, 0.5) is 0 Å². The lowest BCUT2D eigenvalue weighted by Crippen LogP contribution is -2.17. The zero-order valence-corrected chi connectivity index (χ0v) is 11.3. The molecule has 0 bridgehead atoms. The molecule has 2 N–H and O–H groups in total. The molecule has 0 spiro atoms. The fourth-order valence-corrected chi connectivity index (χ4v) is 1.80. The van der Waals surface area contributed by atoms with Gasteiger partial charge in [-0.05, 0) is 31.2 Å². The molecular formula is C15H25NO. The van der Waals surface area contributed by atoms with Crippen LogP contribution in [0, 0.1) is 12.8 Å². The summed E-state index contributed by atoms with van der Waals surface area (Å²) in [6.45, 7) is 7.98. The number of benzene rings is 1. The van der Waals surface area contributed by atoms with Gasteiger partial charge in [0, 0.05) is 6.61 Å². The molecular weight excluding hydrogens is 210 g/mol. The second kappa shape index (κ2) is 7.46. The predicted octanol–water partition coefficient (Wildman–Crippen LogP) is 3.45. The largest absolute Gasteiger partial charge is 0.379 e. The minimum Gasteiger partial charge on any atom is -0.379 e. The second-order valence-electron chi connectivity index (χ2n) is 5.13. The van der Waals surface area contributed by atoms with E-state index in [9.17, 15) is 0 Å². The van der Waals surface area contributed by atoms with Gasteiger partial charge in [-0.2, -0.15) is 0 Å². The molecule has 0 heterocycles. The van der Waals surface area contributed by atoms with Gasteiger partial charge in [0.2, 0.25) is 0 Å². The predicted molar refractivity (Wildman–Crippen MR) is 73.0 cm³/mol. The average Bonchev–Trinajstić information content (AvgIpc) is 2.28. The van der Waals surface area contributed by atoms with Crippen molar-refractivity contribution in [2.75, 3.05) is 13.2 Å². The normalized spacial score (nSPS) is 13.0. The molecule has 0 fully saturated rings. The first-order valence-corrected chi connectivity index (χ1v) is 6.49. The lowest BCUT2D eigenvalue weighted by atomic mass is 10.1. The van der Waals surface area contributed by atoms with Crippen molar-refractivity contribution >= 4 is 0 Å². The Hall–Kier alpha value is -0.860. The van der Waals surface area contributed by atoms with E-state index in [2.05, 4.69) is 39.0 Å². The molecule has 1 aromatic carbocycles.